The Morgan fingerprint density at radius 3 is 2.17 bits per heavy atom. The molecule has 3 rings (SSSR count). The Kier molecular flexibility index (Phi) is 6.01. The molecular weight excluding hydrogens is 399 g/mol. The Morgan fingerprint density at radius 1 is 0.833 bits per heavy atom. The lowest BCUT2D eigenvalue weighted by molar-refractivity contribution is -0.137. The molecule has 9 heteroatoms. The predicted molar refractivity (Wildman–Crippen MR) is 103 cm³/mol. The zero-order chi connectivity index (χ0) is 21.7. The Balaban J connectivity index is 1.72. The number of hydrogen-bond donors (Lipinski definition) is 2. The molecule has 1 heterocycles. The normalized spacial score (nSPS) is 11.0. The molecular formula is C21H16F3N3O3. The zero-order valence-corrected chi connectivity index (χ0v) is 15.4. The van der Waals surface area contributed by atoms with Gasteiger partial charge in [-0.15, -0.1) is 0 Å². The van der Waals surface area contributed by atoms with Gasteiger partial charge in [-0.05, 0) is 23.8 Å². The number of hydrazine groups is 1. The van der Waals surface area contributed by atoms with Gasteiger partial charge in [-0.3, -0.25) is 25.2 Å². The molecule has 30 heavy (non-hydrogen) atoms. The molecule has 2 amide bonds. The third kappa shape index (κ3) is 4.93. The van der Waals surface area contributed by atoms with Gasteiger partial charge in [0.05, 0.1) is 23.2 Å². The Morgan fingerprint density at radius 2 is 1.47 bits per heavy atom. The van der Waals surface area contributed by atoms with Gasteiger partial charge in [0.15, 0.2) is 0 Å². The maximum atomic E-state index is 13.0. The highest BCUT2D eigenvalue weighted by Crippen LogP contribution is 2.31. The van der Waals surface area contributed by atoms with Gasteiger partial charge in [0.25, 0.3) is 17.4 Å². The van der Waals surface area contributed by atoms with E-state index in [4.69, 9.17) is 0 Å². The van der Waals surface area contributed by atoms with Crippen LogP contribution in [0.1, 0.15) is 31.8 Å². The average molecular weight is 415 g/mol. The van der Waals surface area contributed by atoms with E-state index in [0.29, 0.717) is 0 Å². The van der Waals surface area contributed by atoms with Crippen molar-refractivity contribution in [2.45, 2.75) is 12.7 Å². The maximum absolute atomic E-state index is 13.0. The molecule has 0 fully saturated rings. The first kappa shape index (κ1) is 20.8. The lowest BCUT2D eigenvalue weighted by Gasteiger charge is -2.13. The molecule has 0 atom stereocenters. The number of amides is 2. The highest BCUT2D eigenvalue weighted by Gasteiger charge is 2.34. The molecule has 1 aromatic heterocycles. The summed E-state index contributed by atoms with van der Waals surface area (Å²) in [6, 6.07) is 15.8. The van der Waals surface area contributed by atoms with Gasteiger partial charge in [-0.2, -0.15) is 13.2 Å². The molecule has 0 aliphatic heterocycles. The molecule has 6 nitrogen and oxygen atoms in total. The fourth-order valence-electron chi connectivity index (χ4n) is 2.75. The van der Waals surface area contributed by atoms with Crippen LogP contribution in [-0.2, 0) is 12.7 Å². The van der Waals surface area contributed by atoms with E-state index in [2.05, 4.69) is 5.43 Å². The van der Waals surface area contributed by atoms with Gasteiger partial charge >= 0.3 is 6.18 Å². The number of carbonyl (C=O) groups is 2. The van der Waals surface area contributed by atoms with E-state index < -0.39 is 29.1 Å². The molecule has 0 unspecified atom stereocenters. The van der Waals surface area contributed by atoms with Crippen LogP contribution in [0.25, 0.3) is 0 Å². The first-order valence-electron chi connectivity index (χ1n) is 8.77. The lowest BCUT2D eigenvalue weighted by atomic mass is 10.1. The van der Waals surface area contributed by atoms with Crippen LogP contribution >= 0.6 is 0 Å². The lowest BCUT2D eigenvalue weighted by Crippen LogP contribution is -2.42. The van der Waals surface area contributed by atoms with Crippen LogP contribution in [-0.4, -0.2) is 16.4 Å². The number of nitrogens with one attached hydrogen (secondary N) is 2. The summed E-state index contributed by atoms with van der Waals surface area (Å²) in [4.78, 5) is 36.5. The summed E-state index contributed by atoms with van der Waals surface area (Å²) < 4.78 is 40.4. The number of pyridine rings is 1. The van der Waals surface area contributed by atoms with Crippen molar-refractivity contribution in [3.05, 3.63) is 106 Å². The van der Waals surface area contributed by atoms with Gasteiger partial charge in [-0.1, -0.05) is 42.5 Å². The quantitative estimate of drug-likeness (QED) is 0.643. The van der Waals surface area contributed by atoms with Gasteiger partial charge in [0, 0.05) is 12.3 Å². The molecule has 2 aromatic carbocycles. The van der Waals surface area contributed by atoms with Crippen LogP contribution in [0.15, 0.2) is 77.7 Å². The Labute approximate surface area is 168 Å². The molecule has 3 aromatic rings. The topological polar surface area (TPSA) is 80.2 Å². The Hall–Kier alpha value is -3.88. The highest BCUT2D eigenvalue weighted by atomic mass is 19.4. The molecule has 0 bridgehead atoms. The fraction of sp³-hybridized carbons (Fsp3) is 0.0952. The predicted octanol–water partition coefficient (Wildman–Crippen LogP) is 2.99. The van der Waals surface area contributed by atoms with Crippen molar-refractivity contribution in [3.63, 3.8) is 0 Å². The van der Waals surface area contributed by atoms with Gasteiger partial charge < -0.3 is 4.57 Å². The van der Waals surface area contributed by atoms with Crippen LogP contribution in [0, 0.1) is 0 Å². The van der Waals surface area contributed by atoms with Crippen LogP contribution < -0.4 is 16.4 Å². The second kappa shape index (κ2) is 8.64. The first-order valence-corrected chi connectivity index (χ1v) is 8.77. The molecule has 154 valence electrons. The number of benzene rings is 2. The molecule has 0 radical (unpaired) electrons. The monoisotopic (exact) mass is 415 g/mol. The number of nitrogens with zero attached hydrogens (tertiary/aromatic N) is 1. The number of alkyl halides is 3. The summed E-state index contributed by atoms with van der Waals surface area (Å²) in [5, 5.41) is 0. The molecule has 0 saturated heterocycles. The van der Waals surface area contributed by atoms with Gasteiger partial charge in [0.2, 0.25) is 0 Å². The van der Waals surface area contributed by atoms with E-state index in [1.54, 1.807) is 0 Å². The van der Waals surface area contributed by atoms with Crippen molar-refractivity contribution >= 4 is 11.8 Å². The van der Waals surface area contributed by atoms with E-state index in [9.17, 15) is 27.6 Å². The Bertz CT molecular complexity index is 1130. The summed E-state index contributed by atoms with van der Waals surface area (Å²) in [5.41, 5.74) is 2.85. The largest absolute Gasteiger partial charge is 0.417 e. The van der Waals surface area contributed by atoms with Crippen LogP contribution in [0.2, 0.25) is 0 Å². The minimum absolute atomic E-state index is 0.0509. The van der Waals surface area contributed by atoms with Crippen molar-refractivity contribution in [3.8, 4) is 0 Å². The van der Waals surface area contributed by atoms with Crippen molar-refractivity contribution < 1.29 is 22.8 Å². The smallest absolute Gasteiger partial charge is 0.310 e. The van der Waals surface area contributed by atoms with Gasteiger partial charge in [0.1, 0.15) is 0 Å². The molecule has 2 N–H and O–H groups in total. The summed E-state index contributed by atoms with van der Waals surface area (Å²) in [6.07, 6.45) is -3.41. The van der Waals surface area contributed by atoms with Crippen LogP contribution in [0.4, 0.5) is 13.2 Å². The number of carbonyl (C=O) groups excluding carboxylic acids is 2. The summed E-state index contributed by atoms with van der Waals surface area (Å²) in [7, 11) is 0. The van der Waals surface area contributed by atoms with E-state index in [0.717, 1.165) is 23.8 Å². The molecule has 0 spiro atoms. The number of halogens is 3. The standard InChI is InChI=1S/C21H16F3N3O3/c22-21(23,24)17-9-5-4-8-16(17)20(30)26-25-19(29)15-10-11-18(28)27(13-15)12-14-6-2-1-3-7-14/h1-11,13H,12H2,(H,25,29)(H,26,30). The van der Waals surface area contributed by atoms with E-state index >= 15 is 0 Å². The SMILES string of the molecule is O=C(NNC(=O)c1ccccc1C(F)(F)F)c1ccc(=O)n(Cc2ccccc2)c1. The second-order valence-electron chi connectivity index (χ2n) is 6.32. The van der Waals surface area contributed by atoms with Crippen molar-refractivity contribution in [1.29, 1.82) is 0 Å². The van der Waals surface area contributed by atoms with Gasteiger partial charge in [-0.25, -0.2) is 0 Å². The molecule has 0 aliphatic carbocycles. The minimum Gasteiger partial charge on any atom is -0.310 e. The van der Waals surface area contributed by atoms with E-state index in [1.165, 1.54) is 29.0 Å². The third-order valence-corrected chi connectivity index (χ3v) is 4.21. The highest BCUT2D eigenvalue weighted by molar-refractivity contribution is 5.99. The maximum Gasteiger partial charge on any atom is 0.417 e. The third-order valence-electron chi connectivity index (χ3n) is 4.21. The van der Waals surface area contributed by atoms with Crippen LogP contribution in [0.5, 0.6) is 0 Å². The fourth-order valence-corrected chi connectivity index (χ4v) is 2.75. The summed E-state index contributed by atoms with van der Waals surface area (Å²) in [6.45, 7) is 0.228. The van der Waals surface area contributed by atoms with Crippen molar-refractivity contribution in [1.82, 2.24) is 15.4 Å². The molecule has 0 saturated carbocycles. The first-order chi connectivity index (χ1) is 14.3. The zero-order valence-electron chi connectivity index (χ0n) is 15.4. The van der Waals surface area contributed by atoms with Crippen molar-refractivity contribution in [2.75, 3.05) is 0 Å². The average Bonchev–Trinajstić information content (AvgIpc) is 2.73. The number of aromatic nitrogens is 1. The van der Waals surface area contributed by atoms with E-state index in [1.807, 2.05) is 35.8 Å². The van der Waals surface area contributed by atoms with Crippen molar-refractivity contribution in [2.24, 2.45) is 0 Å². The van der Waals surface area contributed by atoms with E-state index in [-0.39, 0.29) is 17.7 Å². The summed E-state index contributed by atoms with van der Waals surface area (Å²) >= 11 is 0. The van der Waals surface area contributed by atoms with Crippen LogP contribution in [0.3, 0.4) is 0 Å². The second-order valence-corrected chi connectivity index (χ2v) is 6.32. The molecule has 0 aliphatic rings. The number of hydrogen-bond acceptors (Lipinski definition) is 3. The minimum atomic E-state index is -4.72. The number of rotatable bonds is 4. The summed E-state index contributed by atoms with van der Waals surface area (Å²) in [5.74, 6) is -1.90.